The van der Waals surface area contributed by atoms with Gasteiger partial charge in [0, 0.05) is 55.9 Å². The van der Waals surface area contributed by atoms with Crippen LogP contribution in [0.15, 0.2) is 29.6 Å². The van der Waals surface area contributed by atoms with Gasteiger partial charge in [0.05, 0.1) is 12.1 Å². The minimum absolute atomic E-state index is 0.0169. The number of ketones is 1. The lowest BCUT2D eigenvalue weighted by atomic mass is 9.97. The number of nitrogens with one attached hydrogen (secondary N) is 1. The van der Waals surface area contributed by atoms with Gasteiger partial charge in [0.25, 0.3) is 5.91 Å². The van der Waals surface area contributed by atoms with E-state index in [-0.39, 0.29) is 36.4 Å². The molecule has 2 aliphatic heterocycles. The van der Waals surface area contributed by atoms with E-state index in [1.54, 1.807) is 31.4 Å². The average molecular weight is 513 g/mol. The molecule has 2 aromatic rings. The van der Waals surface area contributed by atoms with Gasteiger partial charge >= 0.3 is 0 Å². The van der Waals surface area contributed by atoms with E-state index in [1.807, 2.05) is 10.3 Å². The molecule has 8 nitrogen and oxygen atoms in total. The van der Waals surface area contributed by atoms with Crippen LogP contribution in [0.25, 0.3) is 0 Å². The Kier molecular flexibility index (Phi) is 9.47. The molecule has 2 fully saturated rings. The third-order valence-corrected chi connectivity index (χ3v) is 8.10. The Morgan fingerprint density at radius 2 is 1.75 bits per heavy atom. The van der Waals surface area contributed by atoms with E-state index in [4.69, 9.17) is 4.74 Å². The van der Waals surface area contributed by atoms with Crippen LogP contribution in [0.2, 0.25) is 0 Å². The van der Waals surface area contributed by atoms with Gasteiger partial charge in [0.2, 0.25) is 5.91 Å². The van der Waals surface area contributed by atoms with Crippen molar-refractivity contribution >= 4 is 28.9 Å². The third-order valence-electron chi connectivity index (χ3n) is 7.09. The first kappa shape index (κ1) is 26.3. The molecule has 2 saturated heterocycles. The quantitative estimate of drug-likeness (QED) is 0.488. The number of carbonyl (C=O) groups excluding carboxylic acids is 3. The molecule has 1 aromatic heterocycles. The van der Waals surface area contributed by atoms with Gasteiger partial charge in [-0.15, -0.1) is 11.3 Å². The van der Waals surface area contributed by atoms with E-state index < -0.39 is 0 Å². The molecular formula is C27H36N4O4S. The van der Waals surface area contributed by atoms with Crippen molar-refractivity contribution in [3.05, 3.63) is 45.9 Å². The molecule has 2 amide bonds. The summed E-state index contributed by atoms with van der Waals surface area (Å²) in [5, 5.41) is 5.81. The van der Waals surface area contributed by atoms with Crippen molar-refractivity contribution in [2.75, 3.05) is 46.4 Å². The number of nitrogens with zero attached hydrogens (tertiary/aromatic N) is 3. The number of hydrogen-bond acceptors (Lipinski definition) is 7. The molecule has 0 bridgehead atoms. The molecule has 36 heavy (non-hydrogen) atoms. The zero-order valence-corrected chi connectivity index (χ0v) is 21.9. The van der Waals surface area contributed by atoms with Crippen LogP contribution in [0, 0.1) is 0 Å². The van der Waals surface area contributed by atoms with Gasteiger partial charge in [-0.2, -0.15) is 0 Å². The Bertz CT molecular complexity index is 1020. The number of rotatable bonds is 10. The summed E-state index contributed by atoms with van der Waals surface area (Å²) in [5.41, 5.74) is 1.08. The number of thiazole rings is 1. The lowest BCUT2D eigenvalue weighted by molar-refractivity contribution is -0.132. The standard InChI is InChI=1S/C27H36N4O4S/c1-35-22-7-5-20(6-8-22)24(32)9-10-25(33)31-16-11-21(12-17-31)27-29-23(19-36-27)26(34)28-13-18-30-14-3-2-4-15-30/h5-8,19,21H,2-4,9-18H2,1H3,(H,28,34). The van der Waals surface area contributed by atoms with Gasteiger partial charge in [-0.1, -0.05) is 6.42 Å². The normalized spacial score (nSPS) is 17.1. The highest BCUT2D eigenvalue weighted by Crippen LogP contribution is 2.30. The van der Waals surface area contributed by atoms with Crippen LogP contribution in [-0.2, 0) is 4.79 Å². The van der Waals surface area contributed by atoms with Crippen LogP contribution in [0.3, 0.4) is 0 Å². The van der Waals surface area contributed by atoms with E-state index in [9.17, 15) is 14.4 Å². The molecule has 1 N–H and O–H groups in total. The van der Waals surface area contributed by atoms with Gasteiger partial charge in [-0.3, -0.25) is 14.4 Å². The second kappa shape index (κ2) is 13.0. The second-order valence-corrected chi connectivity index (χ2v) is 10.4. The topological polar surface area (TPSA) is 91.8 Å². The fraction of sp³-hybridized carbons (Fsp3) is 0.556. The van der Waals surface area contributed by atoms with E-state index in [2.05, 4.69) is 15.2 Å². The van der Waals surface area contributed by atoms with Crippen LogP contribution in [0.1, 0.15) is 76.7 Å². The Labute approximate surface area is 217 Å². The molecule has 0 aliphatic carbocycles. The van der Waals surface area contributed by atoms with Crippen molar-refractivity contribution in [3.63, 3.8) is 0 Å². The van der Waals surface area contributed by atoms with Gasteiger partial charge in [0.15, 0.2) is 5.78 Å². The number of benzene rings is 1. The predicted molar refractivity (Wildman–Crippen MR) is 140 cm³/mol. The molecule has 2 aliphatic rings. The average Bonchev–Trinajstić information content (AvgIpc) is 3.43. The highest BCUT2D eigenvalue weighted by atomic mass is 32.1. The zero-order chi connectivity index (χ0) is 25.3. The van der Waals surface area contributed by atoms with E-state index >= 15 is 0 Å². The van der Waals surface area contributed by atoms with Crippen molar-refractivity contribution in [2.45, 2.75) is 50.9 Å². The number of hydrogen-bond donors (Lipinski definition) is 1. The van der Waals surface area contributed by atoms with Gasteiger partial charge in [-0.25, -0.2) is 4.98 Å². The lowest BCUT2D eigenvalue weighted by Crippen LogP contribution is -2.38. The van der Waals surface area contributed by atoms with Crippen molar-refractivity contribution in [1.82, 2.24) is 20.1 Å². The summed E-state index contributed by atoms with van der Waals surface area (Å²) in [6.45, 7) is 5.08. The monoisotopic (exact) mass is 512 g/mol. The molecule has 0 atom stereocenters. The number of ether oxygens (including phenoxy) is 1. The van der Waals surface area contributed by atoms with Crippen LogP contribution in [0.5, 0.6) is 5.75 Å². The smallest absolute Gasteiger partial charge is 0.270 e. The molecule has 9 heteroatoms. The van der Waals surface area contributed by atoms with Crippen molar-refractivity contribution in [1.29, 1.82) is 0 Å². The van der Waals surface area contributed by atoms with Gasteiger partial charge in [0.1, 0.15) is 11.4 Å². The summed E-state index contributed by atoms with van der Waals surface area (Å²) in [4.78, 5) is 46.5. The lowest BCUT2D eigenvalue weighted by Gasteiger charge is -2.31. The number of amides is 2. The van der Waals surface area contributed by atoms with Crippen molar-refractivity contribution < 1.29 is 19.1 Å². The largest absolute Gasteiger partial charge is 0.497 e. The predicted octanol–water partition coefficient (Wildman–Crippen LogP) is 3.74. The van der Waals surface area contributed by atoms with Crippen molar-refractivity contribution in [3.8, 4) is 5.75 Å². The molecule has 3 heterocycles. The second-order valence-electron chi connectivity index (χ2n) is 9.54. The summed E-state index contributed by atoms with van der Waals surface area (Å²) in [6, 6.07) is 6.97. The number of piperidine rings is 2. The molecular weight excluding hydrogens is 476 g/mol. The highest BCUT2D eigenvalue weighted by molar-refractivity contribution is 7.09. The molecule has 0 spiro atoms. The van der Waals surface area contributed by atoms with E-state index in [0.29, 0.717) is 36.6 Å². The summed E-state index contributed by atoms with van der Waals surface area (Å²) >= 11 is 1.53. The number of aromatic nitrogens is 1. The first-order valence-electron chi connectivity index (χ1n) is 12.9. The maximum Gasteiger partial charge on any atom is 0.270 e. The third kappa shape index (κ3) is 7.13. The van der Waals surface area contributed by atoms with Gasteiger partial charge in [-0.05, 0) is 63.0 Å². The number of methoxy groups -OCH3 is 1. The SMILES string of the molecule is COc1ccc(C(=O)CCC(=O)N2CCC(c3nc(C(=O)NCCN4CCCCC4)cs3)CC2)cc1. The highest BCUT2D eigenvalue weighted by Gasteiger charge is 2.26. The van der Waals surface area contributed by atoms with E-state index in [1.165, 1.54) is 30.6 Å². The summed E-state index contributed by atoms with van der Waals surface area (Å²) in [6.07, 6.45) is 5.86. The Balaban J connectivity index is 1.17. The van der Waals surface area contributed by atoms with Gasteiger partial charge < -0.3 is 19.9 Å². The fourth-order valence-electron chi connectivity index (χ4n) is 4.86. The fourth-order valence-corrected chi connectivity index (χ4v) is 5.83. The van der Waals surface area contributed by atoms with Crippen LogP contribution in [-0.4, -0.2) is 78.8 Å². The maximum absolute atomic E-state index is 12.7. The zero-order valence-electron chi connectivity index (χ0n) is 21.0. The molecule has 0 radical (unpaired) electrons. The van der Waals surface area contributed by atoms with E-state index in [0.717, 1.165) is 37.5 Å². The Morgan fingerprint density at radius 1 is 1.03 bits per heavy atom. The first-order chi connectivity index (χ1) is 17.5. The molecule has 0 saturated carbocycles. The number of likely N-dealkylation sites (tertiary alicyclic amines) is 2. The molecule has 0 unspecified atom stereocenters. The first-order valence-corrected chi connectivity index (χ1v) is 13.8. The summed E-state index contributed by atoms with van der Waals surface area (Å²) < 4.78 is 5.12. The maximum atomic E-state index is 12.7. The molecule has 1 aromatic carbocycles. The molecule has 194 valence electrons. The number of Topliss-reactive ketones (excluding diaryl/α,β-unsaturated/α-hetero) is 1. The minimum Gasteiger partial charge on any atom is -0.497 e. The minimum atomic E-state index is -0.108. The van der Waals surface area contributed by atoms with Crippen molar-refractivity contribution in [2.24, 2.45) is 0 Å². The summed E-state index contributed by atoms with van der Waals surface area (Å²) in [5.74, 6) is 0.832. The van der Waals surface area contributed by atoms with Crippen LogP contribution >= 0.6 is 11.3 Å². The van der Waals surface area contributed by atoms with Crippen LogP contribution < -0.4 is 10.1 Å². The Hall–Kier alpha value is -2.78. The Morgan fingerprint density at radius 3 is 2.44 bits per heavy atom. The molecule has 4 rings (SSSR count). The summed E-state index contributed by atoms with van der Waals surface area (Å²) in [7, 11) is 1.58. The van der Waals surface area contributed by atoms with Crippen LogP contribution in [0.4, 0.5) is 0 Å². The number of carbonyl (C=O) groups is 3.